The average Bonchev–Trinajstić information content (AvgIpc) is 2.72. The summed E-state index contributed by atoms with van der Waals surface area (Å²) in [5, 5.41) is 10.9. The smallest absolute Gasteiger partial charge is 0.332 e. The number of rotatable bonds is 7. The van der Waals surface area contributed by atoms with E-state index in [-0.39, 0.29) is 12.3 Å². The Hall–Kier alpha value is -3.39. The molecule has 0 unspecified atom stereocenters. The third-order valence-electron chi connectivity index (χ3n) is 3.96. The Morgan fingerprint density at radius 2 is 1.57 bits per heavy atom. The highest BCUT2D eigenvalue weighted by molar-refractivity contribution is 6.35. The second-order valence-corrected chi connectivity index (χ2v) is 6.32. The molecule has 2 aromatic carbocycles. The van der Waals surface area contributed by atoms with Gasteiger partial charge in [-0.15, -0.1) is 0 Å². The van der Waals surface area contributed by atoms with Gasteiger partial charge in [0.15, 0.2) is 0 Å². The van der Waals surface area contributed by atoms with Crippen LogP contribution in [0.4, 0.5) is 0 Å². The molecule has 3 N–H and O–H groups in total. The van der Waals surface area contributed by atoms with Crippen molar-refractivity contribution in [3.63, 3.8) is 0 Å². The Labute approximate surface area is 163 Å². The highest BCUT2D eigenvalue weighted by atomic mass is 16.5. The lowest BCUT2D eigenvalue weighted by molar-refractivity contribution is -0.146. The van der Waals surface area contributed by atoms with Crippen LogP contribution in [0.3, 0.4) is 0 Å². The molecule has 0 bridgehead atoms. The Balaban J connectivity index is 2.01. The van der Waals surface area contributed by atoms with Crippen molar-refractivity contribution in [1.82, 2.24) is 15.7 Å². The minimum Gasteiger partial charge on any atom is -0.489 e. The fourth-order valence-corrected chi connectivity index (χ4v) is 2.48. The zero-order chi connectivity index (χ0) is 20.5. The molecular weight excluding hydrogens is 362 g/mol. The standard InChI is InChI=1S/C20H23N3O5/c1-23(2)20(26)17(21-18(24)19(25)22-27)12-14-8-10-15(11-9-14)13-28-16-6-4-3-5-7-16/h3-11,17,27H,12-13H2,1-2H3,(H,21,24)(H,22,25)/t17-/m0/s1. The van der Waals surface area contributed by atoms with Gasteiger partial charge in [-0.25, -0.2) is 5.48 Å². The lowest BCUT2D eigenvalue weighted by atomic mass is 10.0. The first-order valence-corrected chi connectivity index (χ1v) is 8.62. The zero-order valence-electron chi connectivity index (χ0n) is 15.7. The number of benzene rings is 2. The molecular formula is C20H23N3O5. The highest BCUT2D eigenvalue weighted by Crippen LogP contribution is 2.13. The van der Waals surface area contributed by atoms with Gasteiger partial charge in [0.25, 0.3) is 0 Å². The second-order valence-electron chi connectivity index (χ2n) is 6.32. The van der Waals surface area contributed by atoms with E-state index in [1.54, 1.807) is 14.1 Å². The largest absolute Gasteiger partial charge is 0.489 e. The molecule has 0 saturated carbocycles. The fraction of sp³-hybridized carbons (Fsp3) is 0.250. The van der Waals surface area contributed by atoms with Gasteiger partial charge in [-0.05, 0) is 23.3 Å². The summed E-state index contributed by atoms with van der Waals surface area (Å²) in [5.41, 5.74) is 3.00. The van der Waals surface area contributed by atoms with Crippen molar-refractivity contribution in [2.75, 3.05) is 14.1 Å². The maximum absolute atomic E-state index is 12.3. The molecule has 0 aliphatic carbocycles. The van der Waals surface area contributed by atoms with Crippen LogP contribution < -0.4 is 15.5 Å². The number of nitrogens with one attached hydrogen (secondary N) is 2. The van der Waals surface area contributed by atoms with Gasteiger partial charge in [-0.1, -0.05) is 42.5 Å². The first-order chi connectivity index (χ1) is 13.4. The summed E-state index contributed by atoms with van der Waals surface area (Å²) in [4.78, 5) is 36.6. The van der Waals surface area contributed by atoms with Crippen molar-refractivity contribution in [2.24, 2.45) is 0 Å². The number of ether oxygens (including phenoxy) is 1. The molecule has 148 valence electrons. The van der Waals surface area contributed by atoms with Crippen LogP contribution in [0.15, 0.2) is 54.6 Å². The highest BCUT2D eigenvalue weighted by Gasteiger charge is 2.25. The topological polar surface area (TPSA) is 108 Å². The Kier molecular flexibility index (Phi) is 7.53. The van der Waals surface area contributed by atoms with Crippen molar-refractivity contribution in [2.45, 2.75) is 19.1 Å². The molecule has 28 heavy (non-hydrogen) atoms. The quantitative estimate of drug-likeness (QED) is 0.373. The van der Waals surface area contributed by atoms with E-state index < -0.39 is 17.9 Å². The number of nitrogens with zero attached hydrogens (tertiary/aromatic N) is 1. The molecule has 0 spiro atoms. The Morgan fingerprint density at radius 3 is 2.14 bits per heavy atom. The molecule has 0 radical (unpaired) electrons. The van der Waals surface area contributed by atoms with Crippen molar-refractivity contribution >= 4 is 17.7 Å². The molecule has 8 heteroatoms. The molecule has 0 aromatic heterocycles. The minimum atomic E-state index is -1.23. The lowest BCUT2D eigenvalue weighted by Crippen LogP contribution is -2.51. The minimum absolute atomic E-state index is 0.196. The van der Waals surface area contributed by atoms with Crippen LogP contribution in [0.5, 0.6) is 5.75 Å². The van der Waals surface area contributed by atoms with E-state index >= 15 is 0 Å². The molecule has 0 aliphatic heterocycles. The van der Waals surface area contributed by atoms with E-state index in [0.29, 0.717) is 6.61 Å². The number of hydroxylamine groups is 1. The maximum atomic E-state index is 12.3. The van der Waals surface area contributed by atoms with Crippen molar-refractivity contribution < 1.29 is 24.3 Å². The predicted molar refractivity (Wildman–Crippen MR) is 101 cm³/mol. The van der Waals surface area contributed by atoms with E-state index in [4.69, 9.17) is 9.94 Å². The van der Waals surface area contributed by atoms with Crippen molar-refractivity contribution in [3.8, 4) is 5.75 Å². The zero-order valence-corrected chi connectivity index (χ0v) is 15.7. The average molecular weight is 385 g/mol. The molecule has 1 atom stereocenters. The molecule has 2 rings (SSSR count). The number of likely N-dealkylation sites (N-methyl/N-ethyl adjacent to an activating group) is 1. The predicted octanol–water partition coefficient (Wildman–Crippen LogP) is 0.886. The number of carbonyl (C=O) groups excluding carboxylic acids is 3. The number of hydrogen-bond donors (Lipinski definition) is 3. The van der Waals surface area contributed by atoms with Crippen molar-refractivity contribution in [3.05, 3.63) is 65.7 Å². The third-order valence-corrected chi connectivity index (χ3v) is 3.96. The molecule has 0 heterocycles. The molecule has 0 fully saturated rings. The van der Waals surface area contributed by atoms with Gasteiger partial charge in [0.1, 0.15) is 18.4 Å². The maximum Gasteiger partial charge on any atom is 0.332 e. The van der Waals surface area contributed by atoms with Gasteiger partial charge in [-0.3, -0.25) is 19.6 Å². The Bertz CT molecular complexity index is 806. The van der Waals surface area contributed by atoms with Gasteiger partial charge in [-0.2, -0.15) is 0 Å². The SMILES string of the molecule is CN(C)C(=O)[C@H](Cc1ccc(COc2ccccc2)cc1)NC(=O)C(=O)NO. The first kappa shape index (κ1) is 20.9. The van der Waals surface area contributed by atoms with Crippen molar-refractivity contribution in [1.29, 1.82) is 0 Å². The molecule has 0 saturated heterocycles. The van der Waals surface area contributed by atoms with Crippen LogP contribution in [0.1, 0.15) is 11.1 Å². The third kappa shape index (κ3) is 6.10. The van der Waals surface area contributed by atoms with Gasteiger partial charge in [0.2, 0.25) is 5.91 Å². The summed E-state index contributed by atoms with van der Waals surface area (Å²) in [6, 6.07) is 15.9. The number of para-hydroxylation sites is 1. The van der Waals surface area contributed by atoms with E-state index in [0.717, 1.165) is 16.9 Å². The lowest BCUT2D eigenvalue weighted by Gasteiger charge is -2.21. The summed E-state index contributed by atoms with van der Waals surface area (Å²) in [6.07, 6.45) is 0.196. The molecule has 3 amide bonds. The summed E-state index contributed by atoms with van der Waals surface area (Å²) in [7, 11) is 3.11. The van der Waals surface area contributed by atoms with Crippen LogP contribution in [-0.4, -0.2) is 48.0 Å². The van der Waals surface area contributed by atoms with E-state index in [1.165, 1.54) is 10.4 Å². The van der Waals surface area contributed by atoms with Crippen LogP contribution in [0.25, 0.3) is 0 Å². The van der Waals surface area contributed by atoms with Crippen LogP contribution in [0.2, 0.25) is 0 Å². The monoisotopic (exact) mass is 385 g/mol. The number of hydrogen-bond acceptors (Lipinski definition) is 5. The van der Waals surface area contributed by atoms with Crippen LogP contribution in [-0.2, 0) is 27.4 Å². The van der Waals surface area contributed by atoms with E-state index in [1.807, 2.05) is 54.6 Å². The van der Waals surface area contributed by atoms with Gasteiger partial charge in [0.05, 0.1) is 0 Å². The summed E-state index contributed by atoms with van der Waals surface area (Å²) in [5.74, 6) is -1.91. The van der Waals surface area contributed by atoms with E-state index in [2.05, 4.69) is 5.32 Å². The number of amides is 3. The van der Waals surface area contributed by atoms with E-state index in [9.17, 15) is 14.4 Å². The van der Waals surface area contributed by atoms with Gasteiger partial charge >= 0.3 is 11.8 Å². The summed E-state index contributed by atoms with van der Waals surface area (Å²) >= 11 is 0. The van der Waals surface area contributed by atoms with Gasteiger partial charge in [0, 0.05) is 20.5 Å². The number of carbonyl (C=O) groups is 3. The fourth-order valence-electron chi connectivity index (χ4n) is 2.48. The summed E-state index contributed by atoms with van der Waals surface area (Å²) in [6.45, 7) is 0.401. The molecule has 0 aliphatic rings. The summed E-state index contributed by atoms with van der Waals surface area (Å²) < 4.78 is 5.69. The molecule has 2 aromatic rings. The van der Waals surface area contributed by atoms with Crippen LogP contribution in [0, 0.1) is 0 Å². The molecule has 8 nitrogen and oxygen atoms in total. The van der Waals surface area contributed by atoms with Gasteiger partial charge < -0.3 is 15.0 Å². The first-order valence-electron chi connectivity index (χ1n) is 8.62. The van der Waals surface area contributed by atoms with Crippen LogP contribution >= 0.6 is 0 Å². The Morgan fingerprint density at radius 1 is 0.964 bits per heavy atom. The normalized spacial score (nSPS) is 11.2. The second kappa shape index (κ2) is 10.1.